The summed E-state index contributed by atoms with van der Waals surface area (Å²) in [6, 6.07) is 0. The molecule has 0 atom stereocenters. The van der Waals surface area contributed by atoms with Crippen LogP contribution in [0.1, 0.15) is 27.7 Å². The highest BCUT2D eigenvalue weighted by Gasteiger charge is 2.67. The molecule has 0 rings (SSSR count). The van der Waals surface area contributed by atoms with E-state index < -0.39 is 25.5 Å². The first-order valence-electron chi connectivity index (χ1n) is 5.15. The standard InChI is InChI=1S/C7H29N10/c1-6(2,15(5,8)9)16(10,11)7(3,4)17(12,13)14/h8-14H2,1-5H3/q+3. The summed E-state index contributed by atoms with van der Waals surface area (Å²) in [6.45, 7) is 6.66. The highest BCUT2D eigenvalue weighted by Crippen LogP contribution is 2.31. The molecule has 0 aromatic heterocycles. The summed E-state index contributed by atoms with van der Waals surface area (Å²) in [6.07, 6.45) is 0. The van der Waals surface area contributed by atoms with Crippen LogP contribution in [0.5, 0.6) is 0 Å². The molecule has 0 unspecified atom stereocenters. The second-order valence-corrected chi connectivity index (χ2v) is 5.75. The second-order valence-electron chi connectivity index (χ2n) is 5.75. The number of quaternary nitrogens is 3. The molecule has 0 radical (unpaired) electrons. The van der Waals surface area contributed by atoms with E-state index in [4.69, 9.17) is 40.9 Å². The van der Waals surface area contributed by atoms with Crippen LogP contribution < -0.4 is 40.9 Å². The number of nitrogens with two attached hydrogens (primary N) is 7. The molecule has 0 saturated carbocycles. The molecular formula is C7H29N10+3. The second kappa shape index (κ2) is 3.80. The van der Waals surface area contributed by atoms with Crippen molar-refractivity contribution in [1.82, 2.24) is 0 Å². The fraction of sp³-hybridized carbons (Fsp3) is 1.00. The van der Waals surface area contributed by atoms with Crippen molar-refractivity contribution < 1.29 is 14.2 Å². The zero-order chi connectivity index (χ0) is 14.5. The summed E-state index contributed by atoms with van der Waals surface area (Å²) >= 11 is 0. The molecule has 0 fully saturated rings. The van der Waals surface area contributed by atoms with Crippen LogP contribution in [0.4, 0.5) is 0 Å². The predicted octanol–water partition coefficient (Wildman–Crippen LogP) is -3.35. The van der Waals surface area contributed by atoms with Gasteiger partial charge in [-0.1, -0.05) is 9.51 Å². The molecule has 0 saturated heterocycles. The topological polar surface area (TPSA) is 182 Å². The first-order chi connectivity index (χ1) is 7.00. The van der Waals surface area contributed by atoms with E-state index in [1.165, 1.54) is 0 Å². The number of hydrogen-bond acceptors (Lipinski definition) is 7. The smallest absolute Gasteiger partial charge is 0.156 e. The molecular weight excluding hydrogens is 224 g/mol. The van der Waals surface area contributed by atoms with Gasteiger partial charge in [0.25, 0.3) is 5.66 Å². The Morgan fingerprint density at radius 3 is 1.12 bits per heavy atom. The molecule has 0 amide bonds. The van der Waals surface area contributed by atoms with Crippen LogP contribution in [0, 0.1) is 0 Å². The van der Waals surface area contributed by atoms with Gasteiger partial charge >= 0.3 is 5.66 Å². The maximum Gasteiger partial charge on any atom is 0.312 e. The van der Waals surface area contributed by atoms with E-state index in [0.29, 0.717) is 0 Å². The number of hydrogen-bond donors (Lipinski definition) is 7. The largest absolute Gasteiger partial charge is 0.312 e. The van der Waals surface area contributed by atoms with Gasteiger partial charge in [-0.3, -0.25) is 0 Å². The molecule has 0 aliphatic carbocycles. The van der Waals surface area contributed by atoms with E-state index in [0.717, 1.165) is 0 Å². The van der Waals surface area contributed by atoms with Crippen LogP contribution in [0.15, 0.2) is 0 Å². The van der Waals surface area contributed by atoms with Crippen LogP contribution in [-0.4, -0.2) is 32.6 Å². The van der Waals surface area contributed by atoms with Crippen molar-refractivity contribution in [2.45, 2.75) is 39.0 Å². The summed E-state index contributed by atoms with van der Waals surface area (Å²) < 4.78 is -1.13. The van der Waals surface area contributed by atoms with Crippen LogP contribution in [0.3, 0.4) is 0 Å². The van der Waals surface area contributed by atoms with Crippen molar-refractivity contribution in [3.63, 3.8) is 0 Å². The Balaban J connectivity index is 5.73. The highest BCUT2D eigenvalue weighted by molar-refractivity contribution is 4.60. The minimum atomic E-state index is -1.14. The molecule has 104 valence electrons. The zero-order valence-electron chi connectivity index (χ0n) is 11.4. The van der Waals surface area contributed by atoms with Gasteiger partial charge in [0.2, 0.25) is 0 Å². The first-order valence-corrected chi connectivity index (χ1v) is 5.15. The van der Waals surface area contributed by atoms with Gasteiger partial charge in [0.05, 0.1) is 27.7 Å². The molecule has 0 aliphatic rings. The fourth-order valence-electron chi connectivity index (χ4n) is 1.31. The molecule has 10 heteroatoms. The Bertz CT molecular complexity index is 252. The normalized spacial score (nSPS) is 16.2. The molecule has 0 bridgehead atoms. The Hall–Kier alpha value is -0.400. The van der Waals surface area contributed by atoms with E-state index in [1.807, 2.05) is 0 Å². The van der Waals surface area contributed by atoms with Gasteiger partial charge in [0.15, 0.2) is 0 Å². The molecule has 0 aromatic rings. The lowest BCUT2D eigenvalue weighted by Crippen LogP contribution is -2.96. The zero-order valence-corrected chi connectivity index (χ0v) is 11.4. The van der Waals surface area contributed by atoms with E-state index in [9.17, 15) is 0 Å². The fourth-order valence-corrected chi connectivity index (χ4v) is 1.31. The Kier molecular flexibility index (Phi) is 3.71. The Labute approximate surface area is 102 Å². The van der Waals surface area contributed by atoms with Gasteiger partial charge in [-0.2, -0.15) is 23.4 Å². The molecule has 0 spiro atoms. The third-order valence-electron chi connectivity index (χ3n) is 3.94. The van der Waals surface area contributed by atoms with Crippen molar-refractivity contribution in [2.24, 2.45) is 40.9 Å². The number of rotatable bonds is 4. The minimum absolute atomic E-state index is 0.469. The van der Waals surface area contributed by atoms with Crippen LogP contribution in [0.2, 0.25) is 0 Å². The first kappa shape index (κ1) is 16.6. The van der Waals surface area contributed by atoms with Crippen LogP contribution in [-0.2, 0) is 0 Å². The molecule has 0 heterocycles. The SMILES string of the molecule is CC(C)([N+](C)(N)N)[N+](N)(N)C(C)(C)[N+](N)(N)N. The molecule has 17 heavy (non-hydrogen) atoms. The average molecular weight is 253 g/mol. The highest BCUT2D eigenvalue weighted by atomic mass is 16.0. The predicted molar refractivity (Wildman–Crippen MR) is 64.2 cm³/mol. The Morgan fingerprint density at radius 2 is 0.941 bits per heavy atom. The van der Waals surface area contributed by atoms with Gasteiger partial charge < -0.3 is 0 Å². The van der Waals surface area contributed by atoms with E-state index in [2.05, 4.69) is 0 Å². The summed E-state index contributed by atoms with van der Waals surface area (Å²) in [4.78, 5) is -0.913. The Morgan fingerprint density at radius 1 is 0.647 bits per heavy atom. The minimum Gasteiger partial charge on any atom is -0.156 e. The summed E-state index contributed by atoms with van der Waals surface area (Å²) in [5, 5.41) is 0. The van der Waals surface area contributed by atoms with Gasteiger partial charge in [0, 0.05) is 0 Å². The van der Waals surface area contributed by atoms with Gasteiger partial charge in [0.1, 0.15) is 7.05 Å². The van der Waals surface area contributed by atoms with Crippen molar-refractivity contribution in [3.05, 3.63) is 0 Å². The van der Waals surface area contributed by atoms with Gasteiger partial charge in [-0.05, 0) is 0 Å². The molecule has 0 aliphatic heterocycles. The van der Waals surface area contributed by atoms with Crippen LogP contribution >= 0.6 is 0 Å². The van der Waals surface area contributed by atoms with Crippen LogP contribution in [0.25, 0.3) is 0 Å². The van der Waals surface area contributed by atoms with Crippen molar-refractivity contribution in [2.75, 3.05) is 7.05 Å². The summed E-state index contributed by atoms with van der Waals surface area (Å²) in [5.41, 5.74) is -2.13. The maximum absolute atomic E-state index is 6.13. The van der Waals surface area contributed by atoms with Crippen molar-refractivity contribution in [1.29, 1.82) is 0 Å². The van der Waals surface area contributed by atoms with E-state index >= 15 is 0 Å². The quantitative estimate of drug-likeness (QED) is 0.118. The summed E-state index contributed by atoms with van der Waals surface area (Å²) in [7, 11) is 1.56. The van der Waals surface area contributed by atoms with E-state index in [1.54, 1.807) is 34.7 Å². The van der Waals surface area contributed by atoms with E-state index in [-0.39, 0.29) is 0 Å². The lowest BCUT2D eigenvalue weighted by atomic mass is 10.1. The molecule has 10 nitrogen and oxygen atoms in total. The van der Waals surface area contributed by atoms with Gasteiger partial charge in [-0.25, -0.2) is 0 Å². The third-order valence-corrected chi connectivity index (χ3v) is 3.94. The maximum atomic E-state index is 6.13. The lowest BCUT2D eigenvalue weighted by Gasteiger charge is -2.53. The monoisotopic (exact) mass is 253 g/mol. The van der Waals surface area contributed by atoms with Crippen molar-refractivity contribution in [3.8, 4) is 0 Å². The summed E-state index contributed by atoms with van der Waals surface area (Å²) in [5.74, 6) is 41.0. The van der Waals surface area contributed by atoms with Gasteiger partial charge in [-0.15, -0.1) is 22.2 Å². The average Bonchev–Trinajstić information content (AvgIpc) is 1.98. The third kappa shape index (κ3) is 2.28. The molecule has 0 aromatic carbocycles. The lowest BCUT2D eigenvalue weighted by molar-refractivity contribution is -1.27. The molecule has 14 N–H and O–H groups in total. The van der Waals surface area contributed by atoms with Crippen molar-refractivity contribution >= 4 is 0 Å². The number of nitrogens with zero attached hydrogens (tertiary/aromatic N) is 3.